The third kappa shape index (κ3) is 6.54. The molecule has 9 nitrogen and oxygen atoms in total. The Morgan fingerprint density at radius 3 is 2.45 bits per heavy atom. The zero-order chi connectivity index (χ0) is 27.5. The van der Waals surface area contributed by atoms with Crippen LogP contribution in [0.1, 0.15) is 31.9 Å². The number of carbonyl (C=O) groups excluding carboxylic acids is 1. The molecule has 2 aliphatic heterocycles. The van der Waals surface area contributed by atoms with Gasteiger partial charge in [-0.1, -0.05) is 6.07 Å². The Labute approximate surface area is 222 Å². The summed E-state index contributed by atoms with van der Waals surface area (Å²) in [6.45, 7) is 7.52. The maximum Gasteiger partial charge on any atom is 0.410 e. The minimum atomic E-state index is -1.01. The van der Waals surface area contributed by atoms with Crippen molar-refractivity contribution in [1.82, 2.24) is 4.90 Å². The molecule has 1 N–H and O–H groups in total. The van der Waals surface area contributed by atoms with Gasteiger partial charge in [-0.3, -0.25) is 0 Å². The second-order valence-electron chi connectivity index (χ2n) is 10.9. The van der Waals surface area contributed by atoms with Crippen LogP contribution in [-0.2, 0) is 20.8 Å². The van der Waals surface area contributed by atoms with Crippen LogP contribution in [0.3, 0.4) is 0 Å². The second kappa shape index (κ2) is 11.2. The molecule has 10 heteroatoms. The van der Waals surface area contributed by atoms with Gasteiger partial charge in [0.25, 0.3) is 0 Å². The first-order valence-corrected chi connectivity index (χ1v) is 12.5. The average Bonchev–Trinajstić information content (AvgIpc) is 2.86. The number of hydrogen-bond acceptors (Lipinski definition) is 8. The van der Waals surface area contributed by atoms with E-state index in [1.807, 2.05) is 25.7 Å². The molecule has 2 aromatic carbocycles. The van der Waals surface area contributed by atoms with Gasteiger partial charge in [0.2, 0.25) is 0 Å². The molecular weight excluding hydrogens is 493 g/mol. The van der Waals surface area contributed by atoms with Crippen molar-refractivity contribution in [3.63, 3.8) is 0 Å². The summed E-state index contributed by atoms with van der Waals surface area (Å²) < 4.78 is 36.6. The Morgan fingerprint density at radius 1 is 1.24 bits per heavy atom. The molecule has 2 saturated heterocycles. The van der Waals surface area contributed by atoms with Gasteiger partial charge in [-0.25, -0.2) is 9.18 Å². The Hall–Kier alpha value is -3.39. The standard InChI is InChI=1S/C28H34FN3O6/c1-27(2,3)38-26(34)32-15-28(16-32)17-36-25(37-18-28)23(33)14-31(21-8-5-19(12-30)6-9-21)13-20-7-10-24(35-4)22(29)11-20/h5-11,23,25,33H,13-18H2,1-4H3. The topological polar surface area (TPSA) is 104 Å². The lowest BCUT2D eigenvalue weighted by Gasteiger charge is -2.52. The van der Waals surface area contributed by atoms with Crippen LogP contribution >= 0.6 is 0 Å². The van der Waals surface area contributed by atoms with Crippen molar-refractivity contribution in [2.45, 2.75) is 45.3 Å². The highest BCUT2D eigenvalue weighted by atomic mass is 19.1. The fourth-order valence-electron chi connectivity index (χ4n) is 4.58. The first-order chi connectivity index (χ1) is 18.0. The summed E-state index contributed by atoms with van der Waals surface area (Å²) >= 11 is 0. The number of aliphatic hydroxyl groups excluding tert-OH is 1. The summed E-state index contributed by atoms with van der Waals surface area (Å²) in [4.78, 5) is 15.8. The number of aliphatic hydroxyl groups is 1. The minimum Gasteiger partial charge on any atom is -0.494 e. The lowest BCUT2D eigenvalue weighted by Crippen LogP contribution is -2.66. The summed E-state index contributed by atoms with van der Waals surface area (Å²) in [6.07, 6.45) is -2.23. The molecule has 1 atom stereocenters. The quantitative estimate of drug-likeness (QED) is 0.582. The van der Waals surface area contributed by atoms with Crippen molar-refractivity contribution in [2.24, 2.45) is 5.41 Å². The van der Waals surface area contributed by atoms with Gasteiger partial charge >= 0.3 is 6.09 Å². The van der Waals surface area contributed by atoms with Gasteiger partial charge in [0, 0.05) is 31.9 Å². The third-order valence-corrected chi connectivity index (χ3v) is 6.48. The first-order valence-electron chi connectivity index (χ1n) is 12.5. The number of nitrogens with zero attached hydrogens (tertiary/aromatic N) is 3. The third-order valence-electron chi connectivity index (χ3n) is 6.48. The minimum absolute atomic E-state index is 0.140. The number of ether oxygens (including phenoxy) is 4. The molecule has 0 aromatic heterocycles. The average molecular weight is 528 g/mol. The van der Waals surface area contributed by atoms with Crippen LogP contribution in [0.4, 0.5) is 14.9 Å². The van der Waals surface area contributed by atoms with E-state index in [1.54, 1.807) is 41.3 Å². The van der Waals surface area contributed by atoms with Gasteiger partial charge in [-0.2, -0.15) is 5.26 Å². The number of hydrogen-bond donors (Lipinski definition) is 1. The van der Waals surface area contributed by atoms with E-state index in [0.29, 0.717) is 44.0 Å². The van der Waals surface area contributed by atoms with Gasteiger partial charge in [0.1, 0.15) is 11.7 Å². The number of nitriles is 1. The molecule has 2 heterocycles. The van der Waals surface area contributed by atoms with Crippen LogP contribution < -0.4 is 9.64 Å². The fraction of sp³-hybridized carbons (Fsp3) is 0.500. The van der Waals surface area contributed by atoms with Crippen molar-refractivity contribution < 1.29 is 33.2 Å². The molecule has 2 aromatic rings. The number of halogens is 1. The molecule has 0 bridgehead atoms. The molecule has 4 rings (SSSR count). The van der Waals surface area contributed by atoms with Crippen LogP contribution in [0.2, 0.25) is 0 Å². The van der Waals surface area contributed by atoms with Crippen molar-refractivity contribution in [1.29, 1.82) is 5.26 Å². The van der Waals surface area contributed by atoms with E-state index in [9.17, 15) is 14.3 Å². The number of methoxy groups -OCH3 is 1. The lowest BCUT2D eigenvalue weighted by molar-refractivity contribution is -0.279. The number of anilines is 1. The zero-order valence-electron chi connectivity index (χ0n) is 22.1. The Morgan fingerprint density at radius 2 is 1.89 bits per heavy atom. The van der Waals surface area contributed by atoms with E-state index in [-0.39, 0.29) is 23.8 Å². The molecule has 1 spiro atoms. The van der Waals surface area contributed by atoms with Crippen molar-refractivity contribution in [3.05, 3.63) is 59.4 Å². The summed E-state index contributed by atoms with van der Waals surface area (Å²) in [5, 5.41) is 20.2. The van der Waals surface area contributed by atoms with Crippen LogP contribution in [0.5, 0.6) is 5.75 Å². The highest BCUT2D eigenvalue weighted by molar-refractivity contribution is 5.69. The molecule has 2 fully saturated rings. The molecule has 204 valence electrons. The van der Waals surface area contributed by atoms with Crippen molar-refractivity contribution in [2.75, 3.05) is 44.9 Å². The highest BCUT2D eigenvalue weighted by Gasteiger charge is 2.50. The summed E-state index contributed by atoms with van der Waals surface area (Å²) in [6, 6.07) is 13.7. The number of carbonyl (C=O) groups is 1. The van der Waals surface area contributed by atoms with E-state index >= 15 is 0 Å². The van der Waals surface area contributed by atoms with Crippen LogP contribution in [0, 0.1) is 22.6 Å². The Bertz CT molecular complexity index is 1160. The maximum atomic E-state index is 14.3. The molecule has 2 aliphatic rings. The van der Waals surface area contributed by atoms with E-state index < -0.39 is 23.8 Å². The van der Waals surface area contributed by atoms with Crippen molar-refractivity contribution >= 4 is 11.8 Å². The molecule has 0 saturated carbocycles. The Kier molecular flexibility index (Phi) is 8.11. The molecule has 0 aliphatic carbocycles. The number of likely N-dealkylation sites (tertiary alicyclic amines) is 1. The van der Waals surface area contributed by atoms with Crippen molar-refractivity contribution in [3.8, 4) is 11.8 Å². The number of benzene rings is 2. The maximum absolute atomic E-state index is 14.3. The smallest absolute Gasteiger partial charge is 0.410 e. The van der Waals surface area contributed by atoms with Crippen LogP contribution in [0.25, 0.3) is 0 Å². The second-order valence-corrected chi connectivity index (χ2v) is 10.9. The monoisotopic (exact) mass is 527 g/mol. The predicted molar refractivity (Wildman–Crippen MR) is 137 cm³/mol. The van der Waals surface area contributed by atoms with E-state index in [0.717, 1.165) is 5.69 Å². The van der Waals surface area contributed by atoms with Crippen LogP contribution in [-0.4, -0.2) is 74.1 Å². The van der Waals surface area contributed by atoms with Gasteiger partial charge in [-0.05, 0) is 62.7 Å². The van der Waals surface area contributed by atoms with E-state index in [2.05, 4.69) is 6.07 Å². The van der Waals surface area contributed by atoms with Gasteiger partial charge < -0.3 is 33.9 Å². The SMILES string of the molecule is COc1ccc(CN(CC(O)C2OCC3(CO2)CN(C(=O)OC(C)(C)C)C3)c2ccc(C#N)cc2)cc1F. The highest BCUT2D eigenvalue weighted by Crippen LogP contribution is 2.36. The predicted octanol–water partition coefficient (Wildman–Crippen LogP) is 3.68. The first kappa shape index (κ1) is 27.6. The molecule has 0 radical (unpaired) electrons. The molecule has 1 unspecified atom stereocenters. The zero-order valence-corrected chi connectivity index (χ0v) is 22.1. The molecule has 1 amide bonds. The molecular formula is C28H34FN3O6. The summed E-state index contributed by atoms with van der Waals surface area (Å²) in [5.41, 5.74) is 1.06. The van der Waals surface area contributed by atoms with Gasteiger partial charge in [0.15, 0.2) is 17.9 Å². The molecule has 38 heavy (non-hydrogen) atoms. The van der Waals surface area contributed by atoms with E-state index in [4.69, 9.17) is 24.2 Å². The Balaban J connectivity index is 1.38. The van der Waals surface area contributed by atoms with Gasteiger partial charge in [0.05, 0.1) is 37.4 Å². The van der Waals surface area contributed by atoms with E-state index in [1.165, 1.54) is 13.2 Å². The largest absolute Gasteiger partial charge is 0.494 e. The lowest BCUT2D eigenvalue weighted by atomic mass is 9.81. The fourth-order valence-corrected chi connectivity index (χ4v) is 4.58. The van der Waals surface area contributed by atoms with Crippen LogP contribution in [0.15, 0.2) is 42.5 Å². The summed E-state index contributed by atoms with van der Waals surface area (Å²) in [7, 11) is 1.41. The number of amides is 1. The van der Waals surface area contributed by atoms with Gasteiger partial charge in [-0.15, -0.1) is 0 Å². The normalized spacial score (nSPS) is 17.9. The number of rotatable bonds is 7. The summed E-state index contributed by atoms with van der Waals surface area (Å²) in [5.74, 6) is -0.326.